The van der Waals surface area contributed by atoms with Crippen molar-refractivity contribution in [2.75, 3.05) is 5.32 Å². The fraction of sp³-hybridized carbons (Fsp3) is 0.286. The van der Waals surface area contributed by atoms with Crippen molar-refractivity contribution >= 4 is 48.9 Å². The van der Waals surface area contributed by atoms with E-state index in [1.807, 2.05) is 11.3 Å². The van der Waals surface area contributed by atoms with Crippen LogP contribution in [0.3, 0.4) is 0 Å². The highest BCUT2D eigenvalue weighted by Crippen LogP contribution is 2.33. The molecule has 0 radical (unpaired) electrons. The van der Waals surface area contributed by atoms with Crippen LogP contribution in [0.5, 0.6) is 0 Å². The molecule has 0 unspecified atom stereocenters. The lowest BCUT2D eigenvalue weighted by molar-refractivity contribution is 1.13. The standard InChI is InChI=1S/C14H15Br2NS/c1-8-4-12(15)14(13(16)5-8)17-7-11-6-9(2)18-10(11)3/h4-6,17H,7H2,1-3H3. The van der Waals surface area contributed by atoms with Gasteiger partial charge in [-0.2, -0.15) is 0 Å². The van der Waals surface area contributed by atoms with Gasteiger partial charge in [-0.25, -0.2) is 0 Å². The van der Waals surface area contributed by atoms with Gasteiger partial charge in [0, 0.05) is 25.2 Å². The highest BCUT2D eigenvalue weighted by atomic mass is 79.9. The molecule has 96 valence electrons. The van der Waals surface area contributed by atoms with Gasteiger partial charge in [-0.15, -0.1) is 11.3 Å². The van der Waals surface area contributed by atoms with Crippen LogP contribution in [0.25, 0.3) is 0 Å². The van der Waals surface area contributed by atoms with Gasteiger partial charge in [0.25, 0.3) is 0 Å². The third kappa shape index (κ3) is 3.16. The summed E-state index contributed by atoms with van der Waals surface area (Å²) < 4.78 is 2.19. The topological polar surface area (TPSA) is 12.0 Å². The molecule has 0 amide bonds. The summed E-state index contributed by atoms with van der Waals surface area (Å²) in [7, 11) is 0. The zero-order valence-electron chi connectivity index (χ0n) is 10.6. The number of thiophene rings is 1. The number of benzene rings is 1. The molecule has 1 N–H and O–H groups in total. The molecule has 1 aromatic carbocycles. The van der Waals surface area contributed by atoms with E-state index in [0.717, 1.165) is 21.2 Å². The number of aryl methyl sites for hydroxylation is 3. The first-order valence-corrected chi connectivity index (χ1v) is 8.13. The van der Waals surface area contributed by atoms with Crippen LogP contribution in [-0.2, 0) is 6.54 Å². The second-order valence-electron chi connectivity index (χ2n) is 4.40. The average Bonchev–Trinajstić information content (AvgIpc) is 2.55. The molecule has 1 heterocycles. The summed E-state index contributed by atoms with van der Waals surface area (Å²) in [4.78, 5) is 2.76. The maximum Gasteiger partial charge on any atom is 0.0631 e. The van der Waals surface area contributed by atoms with Crippen molar-refractivity contribution in [2.45, 2.75) is 27.3 Å². The van der Waals surface area contributed by atoms with Crippen molar-refractivity contribution < 1.29 is 0 Å². The van der Waals surface area contributed by atoms with Gasteiger partial charge < -0.3 is 5.32 Å². The molecule has 0 spiro atoms. The van der Waals surface area contributed by atoms with Crippen molar-refractivity contribution in [2.24, 2.45) is 0 Å². The Hall–Kier alpha value is -0.320. The van der Waals surface area contributed by atoms with Crippen LogP contribution in [0.2, 0.25) is 0 Å². The van der Waals surface area contributed by atoms with Gasteiger partial charge in [0.2, 0.25) is 0 Å². The second kappa shape index (κ2) is 5.76. The maximum absolute atomic E-state index is 3.61. The Morgan fingerprint density at radius 2 is 1.67 bits per heavy atom. The van der Waals surface area contributed by atoms with Gasteiger partial charge in [0.1, 0.15) is 0 Å². The minimum Gasteiger partial charge on any atom is -0.379 e. The molecule has 4 heteroatoms. The highest BCUT2D eigenvalue weighted by molar-refractivity contribution is 9.11. The molecule has 0 aliphatic carbocycles. The number of halogens is 2. The predicted molar refractivity (Wildman–Crippen MR) is 87.7 cm³/mol. The summed E-state index contributed by atoms with van der Waals surface area (Å²) >= 11 is 9.06. The minimum absolute atomic E-state index is 0.858. The van der Waals surface area contributed by atoms with E-state index in [1.165, 1.54) is 20.9 Å². The van der Waals surface area contributed by atoms with E-state index < -0.39 is 0 Å². The third-order valence-corrected chi connectivity index (χ3v) is 5.04. The molecule has 0 atom stereocenters. The van der Waals surface area contributed by atoms with Crippen LogP contribution in [0.15, 0.2) is 27.1 Å². The molecule has 1 nitrogen and oxygen atoms in total. The zero-order chi connectivity index (χ0) is 13.3. The summed E-state index contributed by atoms with van der Waals surface area (Å²) in [5.41, 5.74) is 3.72. The Kier molecular flexibility index (Phi) is 4.51. The minimum atomic E-state index is 0.858. The summed E-state index contributed by atoms with van der Waals surface area (Å²) in [6.07, 6.45) is 0. The summed E-state index contributed by atoms with van der Waals surface area (Å²) in [6, 6.07) is 6.50. The van der Waals surface area contributed by atoms with Crippen LogP contribution in [0.4, 0.5) is 5.69 Å². The molecule has 18 heavy (non-hydrogen) atoms. The molecule has 0 saturated carbocycles. The van der Waals surface area contributed by atoms with Crippen molar-refractivity contribution in [3.8, 4) is 0 Å². The second-order valence-corrected chi connectivity index (χ2v) is 7.56. The van der Waals surface area contributed by atoms with Crippen molar-refractivity contribution in [1.82, 2.24) is 0 Å². The quantitative estimate of drug-likeness (QED) is 0.699. The van der Waals surface area contributed by atoms with E-state index in [4.69, 9.17) is 0 Å². The molecule has 1 aromatic heterocycles. The van der Waals surface area contributed by atoms with Crippen LogP contribution < -0.4 is 5.32 Å². The van der Waals surface area contributed by atoms with E-state index in [2.05, 4.69) is 76.1 Å². The number of rotatable bonds is 3. The molecule has 0 fully saturated rings. The highest BCUT2D eigenvalue weighted by Gasteiger charge is 2.08. The lowest BCUT2D eigenvalue weighted by Gasteiger charge is -2.11. The average molecular weight is 389 g/mol. The largest absolute Gasteiger partial charge is 0.379 e. The molecule has 0 aliphatic heterocycles. The molecule has 2 rings (SSSR count). The number of nitrogens with one attached hydrogen (secondary N) is 1. The Morgan fingerprint density at radius 3 is 2.17 bits per heavy atom. The van der Waals surface area contributed by atoms with Gasteiger partial charge in [-0.05, 0) is 82.0 Å². The van der Waals surface area contributed by atoms with Gasteiger partial charge in [0.15, 0.2) is 0 Å². The Balaban J connectivity index is 2.18. The first-order chi connectivity index (χ1) is 8.47. The Bertz CT molecular complexity index is 552. The van der Waals surface area contributed by atoms with Crippen LogP contribution >= 0.6 is 43.2 Å². The summed E-state index contributed by atoms with van der Waals surface area (Å²) in [5.74, 6) is 0. The normalized spacial score (nSPS) is 10.7. The fourth-order valence-electron chi connectivity index (χ4n) is 1.91. The van der Waals surface area contributed by atoms with Crippen LogP contribution in [0, 0.1) is 20.8 Å². The Morgan fingerprint density at radius 1 is 1.06 bits per heavy atom. The Labute approximate surface area is 129 Å². The van der Waals surface area contributed by atoms with E-state index in [-0.39, 0.29) is 0 Å². The summed E-state index contributed by atoms with van der Waals surface area (Å²) in [6.45, 7) is 7.27. The number of hydrogen-bond donors (Lipinski definition) is 1. The van der Waals surface area contributed by atoms with Crippen molar-refractivity contribution in [3.63, 3.8) is 0 Å². The zero-order valence-corrected chi connectivity index (χ0v) is 14.6. The molecule has 0 saturated heterocycles. The summed E-state index contributed by atoms with van der Waals surface area (Å²) in [5, 5.41) is 3.49. The van der Waals surface area contributed by atoms with Crippen LogP contribution in [0.1, 0.15) is 20.9 Å². The van der Waals surface area contributed by atoms with Crippen molar-refractivity contribution in [1.29, 1.82) is 0 Å². The molecule has 0 aliphatic rings. The monoisotopic (exact) mass is 387 g/mol. The number of hydrogen-bond acceptors (Lipinski definition) is 2. The van der Waals surface area contributed by atoms with E-state index in [0.29, 0.717) is 0 Å². The lowest BCUT2D eigenvalue weighted by atomic mass is 10.2. The molecular weight excluding hydrogens is 374 g/mol. The molecule has 2 aromatic rings. The SMILES string of the molecule is Cc1cc(Br)c(NCc2cc(C)sc2C)c(Br)c1. The first kappa shape index (κ1) is 14.1. The van der Waals surface area contributed by atoms with E-state index >= 15 is 0 Å². The maximum atomic E-state index is 3.61. The van der Waals surface area contributed by atoms with Crippen molar-refractivity contribution in [3.05, 3.63) is 48.0 Å². The first-order valence-electron chi connectivity index (χ1n) is 5.73. The predicted octanol–water partition coefficient (Wildman–Crippen LogP) is 5.81. The van der Waals surface area contributed by atoms with Gasteiger partial charge in [0.05, 0.1) is 5.69 Å². The van der Waals surface area contributed by atoms with Crippen LogP contribution in [-0.4, -0.2) is 0 Å². The smallest absolute Gasteiger partial charge is 0.0631 e. The van der Waals surface area contributed by atoms with Gasteiger partial charge in [-0.3, -0.25) is 0 Å². The van der Waals surface area contributed by atoms with E-state index in [1.54, 1.807) is 0 Å². The third-order valence-electron chi connectivity index (χ3n) is 2.79. The van der Waals surface area contributed by atoms with Gasteiger partial charge in [-0.1, -0.05) is 0 Å². The lowest BCUT2D eigenvalue weighted by Crippen LogP contribution is -2.01. The number of anilines is 1. The van der Waals surface area contributed by atoms with E-state index in [9.17, 15) is 0 Å². The molecular formula is C14H15Br2NS. The van der Waals surface area contributed by atoms with Gasteiger partial charge >= 0.3 is 0 Å². The fourth-order valence-corrected chi connectivity index (χ4v) is 4.55. The molecule has 0 bridgehead atoms.